The topological polar surface area (TPSA) is 52.0 Å². The second kappa shape index (κ2) is 7.24. The van der Waals surface area contributed by atoms with Crippen molar-refractivity contribution in [3.63, 3.8) is 0 Å². The van der Waals surface area contributed by atoms with Crippen LogP contribution in [-0.4, -0.2) is 11.6 Å². The fraction of sp³-hybridized carbons (Fsp3) is 1.00. The quantitative estimate of drug-likeness (QED) is 0.592. The molecule has 86 valence electrons. The molecule has 0 fully saturated rings. The summed E-state index contributed by atoms with van der Waals surface area (Å²) in [5.74, 6) is 0. The molecule has 0 aliphatic heterocycles. The van der Waals surface area contributed by atoms with Crippen LogP contribution < -0.4 is 11.5 Å². The van der Waals surface area contributed by atoms with Gasteiger partial charge in [-0.15, -0.1) is 0 Å². The average molecular weight is 200 g/mol. The van der Waals surface area contributed by atoms with E-state index in [1.165, 1.54) is 25.7 Å². The number of unbranched alkanes of at least 4 members (excludes halogenated alkanes) is 2. The minimum atomic E-state index is 0.0495. The van der Waals surface area contributed by atoms with E-state index in [0.29, 0.717) is 6.04 Å². The van der Waals surface area contributed by atoms with Crippen molar-refractivity contribution in [2.24, 2.45) is 11.5 Å². The predicted octanol–water partition coefficient (Wildman–Crippen LogP) is 2.80. The van der Waals surface area contributed by atoms with Crippen LogP contribution in [0.15, 0.2) is 0 Å². The highest BCUT2D eigenvalue weighted by Crippen LogP contribution is 2.18. The van der Waals surface area contributed by atoms with Gasteiger partial charge in [0.15, 0.2) is 0 Å². The van der Waals surface area contributed by atoms with Gasteiger partial charge >= 0.3 is 0 Å². The maximum Gasteiger partial charge on any atom is 0.0125 e. The van der Waals surface area contributed by atoms with E-state index in [0.717, 1.165) is 19.3 Å². The van der Waals surface area contributed by atoms with Crippen molar-refractivity contribution in [3.05, 3.63) is 0 Å². The highest BCUT2D eigenvalue weighted by Gasteiger charge is 2.16. The summed E-state index contributed by atoms with van der Waals surface area (Å²) in [6.07, 6.45) is 8.35. The molecule has 0 rings (SSSR count). The van der Waals surface area contributed by atoms with Gasteiger partial charge in [0.2, 0.25) is 0 Å². The lowest BCUT2D eigenvalue weighted by molar-refractivity contribution is 0.368. The van der Waals surface area contributed by atoms with E-state index in [1.54, 1.807) is 0 Å². The lowest BCUT2D eigenvalue weighted by atomic mass is 9.90. The van der Waals surface area contributed by atoms with E-state index in [4.69, 9.17) is 11.5 Å². The van der Waals surface area contributed by atoms with Crippen molar-refractivity contribution < 1.29 is 0 Å². The Hall–Kier alpha value is -0.0800. The summed E-state index contributed by atoms with van der Waals surface area (Å²) < 4.78 is 0. The third-order valence-electron chi connectivity index (χ3n) is 2.76. The molecule has 2 heteroatoms. The van der Waals surface area contributed by atoms with Gasteiger partial charge in [0, 0.05) is 11.6 Å². The second-order valence-corrected chi connectivity index (χ2v) is 4.98. The molecule has 0 aromatic rings. The zero-order chi connectivity index (χ0) is 11.0. The molecule has 0 saturated carbocycles. The van der Waals surface area contributed by atoms with E-state index < -0.39 is 0 Å². The Morgan fingerprint density at radius 1 is 1.14 bits per heavy atom. The SMILES string of the molecule is CCCCC(C)(N)CCCCC(C)N. The normalized spacial score (nSPS) is 17.8. The molecule has 2 nitrogen and oxygen atoms in total. The van der Waals surface area contributed by atoms with Crippen LogP contribution in [0.3, 0.4) is 0 Å². The van der Waals surface area contributed by atoms with Crippen molar-refractivity contribution in [2.45, 2.75) is 77.3 Å². The summed E-state index contributed by atoms with van der Waals surface area (Å²) in [7, 11) is 0. The number of hydrogen-bond donors (Lipinski definition) is 2. The summed E-state index contributed by atoms with van der Waals surface area (Å²) in [6, 6.07) is 0.342. The zero-order valence-corrected chi connectivity index (χ0v) is 10.2. The minimum absolute atomic E-state index is 0.0495. The summed E-state index contributed by atoms with van der Waals surface area (Å²) in [5, 5.41) is 0. The van der Waals surface area contributed by atoms with Crippen LogP contribution in [0.1, 0.15) is 65.7 Å². The van der Waals surface area contributed by atoms with Gasteiger partial charge < -0.3 is 11.5 Å². The van der Waals surface area contributed by atoms with Crippen molar-refractivity contribution in [2.75, 3.05) is 0 Å². The Balaban J connectivity index is 3.44. The Labute approximate surface area is 89.4 Å². The lowest BCUT2D eigenvalue weighted by Crippen LogP contribution is -2.35. The van der Waals surface area contributed by atoms with Crippen LogP contribution in [-0.2, 0) is 0 Å². The molecule has 2 unspecified atom stereocenters. The third kappa shape index (κ3) is 8.52. The highest BCUT2D eigenvalue weighted by molar-refractivity contribution is 4.78. The predicted molar refractivity (Wildman–Crippen MR) is 64.2 cm³/mol. The fourth-order valence-electron chi connectivity index (χ4n) is 1.70. The van der Waals surface area contributed by atoms with Crippen LogP contribution >= 0.6 is 0 Å². The van der Waals surface area contributed by atoms with Crippen molar-refractivity contribution in [1.82, 2.24) is 0 Å². The summed E-state index contributed by atoms with van der Waals surface area (Å²) in [6.45, 7) is 6.46. The van der Waals surface area contributed by atoms with Gasteiger partial charge in [0.05, 0.1) is 0 Å². The summed E-state index contributed by atoms with van der Waals surface area (Å²) >= 11 is 0. The Morgan fingerprint density at radius 2 is 1.71 bits per heavy atom. The van der Waals surface area contributed by atoms with E-state index >= 15 is 0 Å². The Kier molecular flexibility index (Phi) is 7.20. The molecule has 0 spiro atoms. The van der Waals surface area contributed by atoms with Crippen molar-refractivity contribution in [3.8, 4) is 0 Å². The van der Waals surface area contributed by atoms with Gasteiger partial charge in [0.1, 0.15) is 0 Å². The van der Waals surface area contributed by atoms with Crippen LogP contribution in [0.25, 0.3) is 0 Å². The molecular formula is C12H28N2. The van der Waals surface area contributed by atoms with Gasteiger partial charge in [-0.3, -0.25) is 0 Å². The van der Waals surface area contributed by atoms with E-state index in [1.807, 2.05) is 0 Å². The van der Waals surface area contributed by atoms with Crippen LogP contribution in [0, 0.1) is 0 Å². The van der Waals surface area contributed by atoms with Gasteiger partial charge in [-0.1, -0.05) is 32.6 Å². The average Bonchev–Trinajstić information content (AvgIpc) is 2.09. The Bertz CT molecular complexity index is 130. The molecule has 0 aromatic carbocycles. The first-order valence-electron chi connectivity index (χ1n) is 6.02. The van der Waals surface area contributed by atoms with Crippen LogP contribution in [0.4, 0.5) is 0 Å². The van der Waals surface area contributed by atoms with Gasteiger partial charge in [0.25, 0.3) is 0 Å². The molecule has 4 N–H and O–H groups in total. The first-order chi connectivity index (χ1) is 6.48. The molecule has 0 amide bonds. The fourth-order valence-corrected chi connectivity index (χ4v) is 1.70. The minimum Gasteiger partial charge on any atom is -0.328 e. The second-order valence-electron chi connectivity index (χ2n) is 4.98. The number of rotatable bonds is 8. The zero-order valence-electron chi connectivity index (χ0n) is 10.2. The molecular weight excluding hydrogens is 172 g/mol. The van der Waals surface area contributed by atoms with Crippen LogP contribution in [0.2, 0.25) is 0 Å². The summed E-state index contributed by atoms with van der Waals surface area (Å²) in [4.78, 5) is 0. The van der Waals surface area contributed by atoms with E-state index in [2.05, 4.69) is 20.8 Å². The molecule has 0 aliphatic carbocycles. The molecule has 0 radical (unpaired) electrons. The van der Waals surface area contributed by atoms with Gasteiger partial charge in [-0.2, -0.15) is 0 Å². The van der Waals surface area contributed by atoms with Gasteiger partial charge in [-0.25, -0.2) is 0 Å². The Morgan fingerprint density at radius 3 is 2.21 bits per heavy atom. The first-order valence-corrected chi connectivity index (χ1v) is 6.02. The number of hydrogen-bond acceptors (Lipinski definition) is 2. The lowest BCUT2D eigenvalue weighted by Gasteiger charge is -2.24. The number of nitrogens with two attached hydrogens (primary N) is 2. The molecule has 0 bridgehead atoms. The molecule has 2 atom stereocenters. The molecule has 0 saturated heterocycles. The monoisotopic (exact) mass is 200 g/mol. The standard InChI is InChI=1S/C12H28N2/c1-4-5-9-12(3,14)10-7-6-8-11(2)13/h11H,4-10,13-14H2,1-3H3. The van der Waals surface area contributed by atoms with E-state index in [9.17, 15) is 0 Å². The molecule has 0 heterocycles. The maximum absolute atomic E-state index is 6.19. The van der Waals surface area contributed by atoms with Crippen molar-refractivity contribution >= 4 is 0 Å². The van der Waals surface area contributed by atoms with Crippen molar-refractivity contribution in [1.29, 1.82) is 0 Å². The third-order valence-corrected chi connectivity index (χ3v) is 2.76. The molecule has 0 aliphatic rings. The summed E-state index contributed by atoms with van der Waals surface area (Å²) in [5.41, 5.74) is 11.9. The maximum atomic E-state index is 6.19. The van der Waals surface area contributed by atoms with Gasteiger partial charge in [-0.05, 0) is 33.1 Å². The van der Waals surface area contributed by atoms with E-state index in [-0.39, 0.29) is 5.54 Å². The largest absolute Gasteiger partial charge is 0.328 e. The molecule has 14 heavy (non-hydrogen) atoms. The smallest absolute Gasteiger partial charge is 0.0125 e. The van der Waals surface area contributed by atoms with Crippen LogP contribution in [0.5, 0.6) is 0 Å². The highest BCUT2D eigenvalue weighted by atomic mass is 14.7. The molecule has 0 aromatic heterocycles. The first kappa shape index (κ1) is 13.9.